The zero-order chi connectivity index (χ0) is 13.1. The summed E-state index contributed by atoms with van der Waals surface area (Å²) in [6.07, 6.45) is 1.55. The standard InChI is InChI=1S/C13H12FNO3/c1-15(8-10-3-2-6-18-10)12-5-4-9(13(16)17)7-11(12)14/h2-7H,8H2,1H3,(H,16,17). The van der Waals surface area contributed by atoms with Crippen LogP contribution in [0.5, 0.6) is 0 Å². The summed E-state index contributed by atoms with van der Waals surface area (Å²) in [7, 11) is 1.71. The molecule has 2 rings (SSSR count). The van der Waals surface area contributed by atoms with Gasteiger partial charge in [0.05, 0.1) is 24.1 Å². The van der Waals surface area contributed by atoms with E-state index in [0.717, 1.165) is 6.07 Å². The Morgan fingerprint density at radius 1 is 1.44 bits per heavy atom. The van der Waals surface area contributed by atoms with Crippen molar-refractivity contribution in [3.05, 3.63) is 53.7 Å². The first-order valence-electron chi connectivity index (χ1n) is 5.34. The van der Waals surface area contributed by atoms with Crippen LogP contribution in [-0.2, 0) is 6.54 Å². The van der Waals surface area contributed by atoms with E-state index in [2.05, 4.69) is 0 Å². The van der Waals surface area contributed by atoms with E-state index in [1.54, 1.807) is 30.3 Å². The predicted octanol–water partition coefficient (Wildman–Crippen LogP) is 2.75. The number of carboxylic acid groups (broad SMARTS) is 1. The van der Waals surface area contributed by atoms with E-state index >= 15 is 0 Å². The summed E-state index contributed by atoms with van der Waals surface area (Å²) in [5.74, 6) is -1.00. The number of aromatic carboxylic acids is 1. The molecule has 0 saturated carbocycles. The lowest BCUT2D eigenvalue weighted by Gasteiger charge is -2.18. The second-order valence-corrected chi connectivity index (χ2v) is 3.91. The highest BCUT2D eigenvalue weighted by molar-refractivity contribution is 5.88. The Hall–Kier alpha value is -2.30. The number of rotatable bonds is 4. The van der Waals surface area contributed by atoms with Gasteiger partial charge in [0.25, 0.3) is 0 Å². The van der Waals surface area contributed by atoms with Crippen molar-refractivity contribution < 1.29 is 18.7 Å². The molecule has 0 saturated heterocycles. The number of hydrogen-bond acceptors (Lipinski definition) is 3. The smallest absolute Gasteiger partial charge is 0.335 e. The molecule has 5 heteroatoms. The van der Waals surface area contributed by atoms with Crippen LogP contribution < -0.4 is 4.90 Å². The first kappa shape index (κ1) is 12.2. The maximum Gasteiger partial charge on any atom is 0.335 e. The molecule has 1 N–H and O–H groups in total. The van der Waals surface area contributed by atoms with E-state index in [1.807, 2.05) is 0 Å². The van der Waals surface area contributed by atoms with Gasteiger partial charge in [0.15, 0.2) is 0 Å². The molecule has 0 amide bonds. The van der Waals surface area contributed by atoms with Gasteiger partial charge in [-0.15, -0.1) is 0 Å². The third-order valence-electron chi connectivity index (χ3n) is 2.58. The highest BCUT2D eigenvalue weighted by Crippen LogP contribution is 2.21. The summed E-state index contributed by atoms with van der Waals surface area (Å²) in [5, 5.41) is 8.75. The Morgan fingerprint density at radius 2 is 2.22 bits per heavy atom. The number of anilines is 1. The average molecular weight is 249 g/mol. The number of halogens is 1. The molecule has 0 aliphatic carbocycles. The maximum absolute atomic E-state index is 13.8. The van der Waals surface area contributed by atoms with Crippen LogP contribution >= 0.6 is 0 Å². The van der Waals surface area contributed by atoms with Crippen molar-refractivity contribution in [1.82, 2.24) is 0 Å². The lowest BCUT2D eigenvalue weighted by Crippen LogP contribution is -2.17. The van der Waals surface area contributed by atoms with Crippen LogP contribution in [0, 0.1) is 5.82 Å². The molecule has 1 heterocycles. The molecule has 94 valence electrons. The number of hydrogen-bond donors (Lipinski definition) is 1. The van der Waals surface area contributed by atoms with Crippen molar-refractivity contribution in [3.8, 4) is 0 Å². The van der Waals surface area contributed by atoms with Gasteiger partial charge in [-0.3, -0.25) is 0 Å². The van der Waals surface area contributed by atoms with Gasteiger partial charge in [-0.2, -0.15) is 0 Å². The summed E-state index contributed by atoms with van der Waals surface area (Å²) in [5.41, 5.74) is 0.263. The number of benzene rings is 1. The van der Waals surface area contributed by atoms with Crippen LogP contribution in [0.25, 0.3) is 0 Å². The third-order valence-corrected chi connectivity index (χ3v) is 2.58. The number of nitrogens with zero attached hydrogens (tertiary/aromatic N) is 1. The minimum absolute atomic E-state index is 0.0670. The Kier molecular flexibility index (Phi) is 3.32. The summed E-state index contributed by atoms with van der Waals surface area (Å²) in [6, 6.07) is 7.38. The number of carboxylic acids is 1. The van der Waals surface area contributed by atoms with Crippen LogP contribution in [0.1, 0.15) is 16.1 Å². The molecule has 4 nitrogen and oxygen atoms in total. The molecule has 0 atom stereocenters. The molecule has 1 aromatic heterocycles. The topological polar surface area (TPSA) is 53.7 Å². The fourth-order valence-electron chi connectivity index (χ4n) is 1.67. The Balaban J connectivity index is 2.20. The van der Waals surface area contributed by atoms with Gasteiger partial charge in [-0.05, 0) is 30.3 Å². The van der Waals surface area contributed by atoms with Crippen molar-refractivity contribution in [2.45, 2.75) is 6.54 Å². The second kappa shape index (κ2) is 4.91. The first-order chi connectivity index (χ1) is 8.58. The van der Waals surface area contributed by atoms with E-state index < -0.39 is 11.8 Å². The van der Waals surface area contributed by atoms with Crippen molar-refractivity contribution >= 4 is 11.7 Å². The van der Waals surface area contributed by atoms with Gasteiger partial charge in [0, 0.05) is 7.05 Å². The van der Waals surface area contributed by atoms with Gasteiger partial charge >= 0.3 is 5.97 Å². The van der Waals surface area contributed by atoms with Crippen LogP contribution in [0.4, 0.5) is 10.1 Å². The first-order valence-corrected chi connectivity index (χ1v) is 5.34. The average Bonchev–Trinajstić information content (AvgIpc) is 2.81. The van der Waals surface area contributed by atoms with E-state index in [1.165, 1.54) is 12.1 Å². The largest absolute Gasteiger partial charge is 0.478 e. The molecule has 2 aromatic rings. The highest BCUT2D eigenvalue weighted by atomic mass is 19.1. The lowest BCUT2D eigenvalue weighted by atomic mass is 10.2. The van der Waals surface area contributed by atoms with E-state index in [0.29, 0.717) is 18.0 Å². The molecular formula is C13H12FNO3. The van der Waals surface area contributed by atoms with Gasteiger partial charge < -0.3 is 14.4 Å². The zero-order valence-electron chi connectivity index (χ0n) is 9.76. The SMILES string of the molecule is CN(Cc1ccco1)c1ccc(C(=O)O)cc1F. The number of carbonyl (C=O) groups is 1. The minimum atomic E-state index is -1.14. The fourth-order valence-corrected chi connectivity index (χ4v) is 1.67. The Morgan fingerprint density at radius 3 is 2.78 bits per heavy atom. The van der Waals surface area contributed by atoms with Crippen LogP contribution in [-0.4, -0.2) is 18.1 Å². The van der Waals surface area contributed by atoms with E-state index in [9.17, 15) is 9.18 Å². The van der Waals surface area contributed by atoms with Crippen LogP contribution in [0.3, 0.4) is 0 Å². The lowest BCUT2D eigenvalue weighted by molar-refractivity contribution is 0.0696. The molecule has 0 bridgehead atoms. The monoisotopic (exact) mass is 249 g/mol. The van der Waals surface area contributed by atoms with Crippen LogP contribution in [0.2, 0.25) is 0 Å². The summed E-state index contributed by atoms with van der Waals surface area (Å²) >= 11 is 0. The maximum atomic E-state index is 13.8. The fraction of sp³-hybridized carbons (Fsp3) is 0.154. The molecule has 0 spiro atoms. The molecule has 0 radical (unpaired) electrons. The summed E-state index contributed by atoms with van der Waals surface area (Å²) < 4.78 is 18.9. The highest BCUT2D eigenvalue weighted by Gasteiger charge is 2.12. The van der Waals surface area contributed by atoms with E-state index in [4.69, 9.17) is 9.52 Å². The molecule has 0 fully saturated rings. The molecule has 1 aromatic carbocycles. The zero-order valence-corrected chi connectivity index (χ0v) is 9.76. The molecule has 0 unspecified atom stereocenters. The van der Waals surface area contributed by atoms with Crippen molar-refractivity contribution in [1.29, 1.82) is 0 Å². The van der Waals surface area contributed by atoms with Crippen molar-refractivity contribution in [2.24, 2.45) is 0 Å². The quantitative estimate of drug-likeness (QED) is 0.905. The normalized spacial score (nSPS) is 10.3. The van der Waals surface area contributed by atoms with E-state index in [-0.39, 0.29) is 5.56 Å². The number of furan rings is 1. The van der Waals surface area contributed by atoms with Crippen LogP contribution in [0.15, 0.2) is 41.0 Å². The predicted molar refractivity (Wildman–Crippen MR) is 64.2 cm³/mol. The van der Waals surface area contributed by atoms with Crippen molar-refractivity contribution in [3.63, 3.8) is 0 Å². The second-order valence-electron chi connectivity index (χ2n) is 3.91. The van der Waals surface area contributed by atoms with Gasteiger partial charge in [-0.1, -0.05) is 0 Å². The summed E-state index contributed by atoms with van der Waals surface area (Å²) in [4.78, 5) is 12.3. The van der Waals surface area contributed by atoms with Gasteiger partial charge in [0.1, 0.15) is 11.6 Å². The Bertz CT molecular complexity index is 551. The van der Waals surface area contributed by atoms with Crippen molar-refractivity contribution in [2.75, 3.05) is 11.9 Å². The summed E-state index contributed by atoms with van der Waals surface area (Å²) in [6.45, 7) is 0.413. The molecule has 0 aliphatic heterocycles. The molecular weight excluding hydrogens is 237 g/mol. The van der Waals surface area contributed by atoms with Gasteiger partial charge in [0.2, 0.25) is 0 Å². The minimum Gasteiger partial charge on any atom is -0.478 e. The third kappa shape index (κ3) is 2.51. The molecule has 18 heavy (non-hydrogen) atoms. The van der Waals surface area contributed by atoms with Gasteiger partial charge in [-0.25, -0.2) is 9.18 Å². The Labute approximate surface area is 103 Å². The molecule has 0 aliphatic rings.